The summed E-state index contributed by atoms with van der Waals surface area (Å²) >= 11 is 0. The number of ether oxygens (including phenoxy) is 1. The molecule has 3 fully saturated rings. The minimum absolute atomic E-state index is 0.0586. The smallest absolute Gasteiger partial charge is 0.322 e. The molecule has 32 heavy (non-hydrogen) atoms. The summed E-state index contributed by atoms with van der Waals surface area (Å²) in [6, 6.07) is 1.94. The molecule has 0 aromatic heterocycles. The number of methoxy groups -OCH3 is 1. The Morgan fingerprint density at radius 1 is 1.28 bits per heavy atom. The van der Waals surface area contributed by atoms with Gasteiger partial charge in [-0.25, -0.2) is 9.18 Å². The molecule has 0 radical (unpaired) electrons. The topological polar surface area (TPSA) is 91.0 Å². The first-order valence-corrected chi connectivity index (χ1v) is 10.9. The van der Waals surface area contributed by atoms with Crippen molar-refractivity contribution in [3.63, 3.8) is 0 Å². The number of halogens is 2. The molecule has 2 heterocycles. The van der Waals surface area contributed by atoms with E-state index in [2.05, 4.69) is 10.6 Å². The fraction of sp³-hybridized carbons (Fsp3) is 0.591. The summed E-state index contributed by atoms with van der Waals surface area (Å²) in [7, 11) is 1.28. The van der Waals surface area contributed by atoms with Crippen molar-refractivity contribution in [3.8, 4) is 5.75 Å². The highest BCUT2D eigenvalue weighted by Gasteiger charge is 2.56. The molecule has 1 aromatic carbocycles. The average Bonchev–Trinajstić information content (AvgIpc) is 3.56. The van der Waals surface area contributed by atoms with Crippen LogP contribution in [0.25, 0.3) is 0 Å². The van der Waals surface area contributed by atoms with Crippen LogP contribution in [0.15, 0.2) is 12.1 Å². The van der Waals surface area contributed by atoms with E-state index in [1.165, 1.54) is 13.2 Å². The Balaban J connectivity index is 1.43. The number of hydrogen-bond acceptors (Lipinski definition) is 5. The zero-order chi connectivity index (χ0) is 23.2. The van der Waals surface area contributed by atoms with Crippen molar-refractivity contribution in [2.24, 2.45) is 11.8 Å². The number of piperazine rings is 1. The van der Waals surface area contributed by atoms with Crippen LogP contribution in [0.2, 0.25) is 0 Å². The molecule has 0 spiro atoms. The number of amides is 4. The maximum Gasteiger partial charge on any atom is 0.322 e. The number of nitrogens with zero attached hydrogens (tertiary/aromatic N) is 2. The van der Waals surface area contributed by atoms with Crippen LogP contribution in [0, 0.1) is 23.5 Å². The lowest BCUT2D eigenvalue weighted by Crippen LogP contribution is -2.56. The summed E-state index contributed by atoms with van der Waals surface area (Å²) in [5.74, 6) is -3.02. The van der Waals surface area contributed by atoms with Gasteiger partial charge >= 0.3 is 6.03 Å². The molecule has 4 rings (SSSR count). The number of rotatable bonds is 6. The monoisotopic (exact) mass is 450 g/mol. The number of benzene rings is 1. The molecule has 8 nitrogen and oxygen atoms in total. The molecular weight excluding hydrogens is 422 g/mol. The molecule has 0 unspecified atom stereocenters. The number of nitrogens with one attached hydrogen (secondary N) is 2. The summed E-state index contributed by atoms with van der Waals surface area (Å²) in [5, 5.41) is 5.08. The van der Waals surface area contributed by atoms with E-state index < -0.39 is 29.1 Å². The lowest BCUT2D eigenvalue weighted by atomic mass is 9.83. The van der Waals surface area contributed by atoms with E-state index >= 15 is 0 Å². The van der Waals surface area contributed by atoms with E-state index in [1.807, 2.05) is 11.8 Å². The molecule has 1 saturated carbocycles. The number of carbonyl (C=O) groups is 3. The van der Waals surface area contributed by atoms with Gasteiger partial charge in [-0.2, -0.15) is 4.39 Å². The SMILES string of the molecule is COc1cc(N2CCN(C(=O)[C@@H](C)C[C@@]3(C4CC4)NC(=O)NC3=O)C[C@@H]2C)cc(F)c1F. The summed E-state index contributed by atoms with van der Waals surface area (Å²) in [4.78, 5) is 41.1. The fourth-order valence-electron chi connectivity index (χ4n) is 4.97. The number of anilines is 1. The molecular formula is C22H28F2N4O4. The summed E-state index contributed by atoms with van der Waals surface area (Å²) in [6.45, 7) is 4.94. The highest BCUT2D eigenvalue weighted by atomic mass is 19.2. The Morgan fingerprint density at radius 2 is 2.00 bits per heavy atom. The van der Waals surface area contributed by atoms with E-state index in [9.17, 15) is 23.2 Å². The maximum absolute atomic E-state index is 14.0. The summed E-state index contributed by atoms with van der Waals surface area (Å²) in [6.07, 6.45) is 1.95. The van der Waals surface area contributed by atoms with Crippen LogP contribution in [-0.4, -0.2) is 61.1 Å². The minimum Gasteiger partial charge on any atom is -0.493 e. The Kier molecular flexibility index (Phi) is 5.72. The van der Waals surface area contributed by atoms with Gasteiger partial charge < -0.3 is 19.9 Å². The van der Waals surface area contributed by atoms with Gasteiger partial charge in [-0.1, -0.05) is 6.92 Å². The summed E-state index contributed by atoms with van der Waals surface area (Å²) in [5.41, 5.74) is -0.520. The molecule has 3 aliphatic rings. The predicted molar refractivity (Wildman–Crippen MR) is 112 cm³/mol. The lowest BCUT2D eigenvalue weighted by Gasteiger charge is -2.42. The van der Waals surface area contributed by atoms with Gasteiger partial charge in [0.2, 0.25) is 11.7 Å². The second-order valence-corrected chi connectivity index (χ2v) is 9.03. The normalized spacial score (nSPS) is 26.6. The van der Waals surface area contributed by atoms with Crippen molar-refractivity contribution in [2.75, 3.05) is 31.6 Å². The molecule has 3 atom stereocenters. The number of hydrogen-bond donors (Lipinski definition) is 2. The van der Waals surface area contributed by atoms with Crippen LogP contribution in [0.5, 0.6) is 5.75 Å². The second-order valence-electron chi connectivity index (χ2n) is 9.03. The van der Waals surface area contributed by atoms with Crippen molar-refractivity contribution in [1.29, 1.82) is 0 Å². The molecule has 174 valence electrons. The molecule has 2 N–H and O–H groups in total. The molecule has 4 amide bonds. The van der Waals surface area contributed by atoms with Gasteiger partial charge in [-0.15, -0.1) is 0 Å². The Labute approximate surface area is 185 Å². The van der Waals surface area contributed by atoms with Crippen LogP contribution in [0.3, 0.4) is 0 Å². The Morgan fingerprint density at radius 3 is 2.56 bits per heavy atom. The van der Waals surface area contributed by atoms with Crippen LogP contribution >= 0.6 is 0 Å². The Bertz CT molecular complexity index is 954. The van der Waals surface area contributed by atoms with Gasteiger partial charge in [0.25, 0.3) is 5.91 Å². The van der Waals surface area contributed by atoms with Crippen LogP contribution in [-0.2, 0) is 9.59 Å². The second kappa shape index (κ2) is 8.22. The fourth-order valence-corrected chi connectivity index (χ4v) is 4.97. The van der Waals surface area contributed by atoms with E-state index in [0.717, 1.165) is 18.9 Å². The van der Waals surface area contributed by atoms with E-state index in [0.29, 0.717) is 25.3 Å². The van der Waals surface area contributed by atoms with E-state index in [-0.39, 0.29) is 35.9 Å². The minimum atomic E-state index is -1.03. The van der Waals surface area contributed by atoms with Crippen molar-refractivity contribution >= 4 is 23.5 Å². The molecule has 0 bridgehead atoms. The number of carbonyl (C=O) groups excluding carboxylic acids is 3. The van der Waals surface area contributed by atoms with Crippen LogP contribution in [0.1, 0.15) is 33.1 Å². The standard InChI is InChI=1S/C22H28F2N4O4/c1-12(10-22(14-4-5-14)20(30)25-21(31)26-22)19(29)27-6-7-28(13(2)11-27)15-8-16(23)18(24)17(9-15)32-3/h8-9,12-14H,4-7,10-11H2,1-3H3,(H2,25,26,30,31)/t12-,13-,22-/m0/s1. The molecule has 2 aliphatic heterocycles. The van der Waals surface area contributed by atoms with Gasteiger partial charge in [0.05, 0.1) is 7.11 Å². The zero-order valence-electron chi connectivity index (χ0n) is 18.4. The predicted octanol–water partition coefficient (Wildman–Crippen LogP) is 2.02. The first-order chi connectivity index (χ1) is 15.2. The van der Waals surface area contributed by atoms with Gasteiger partial charge in [0, 0.05) is 49.4 Å². The zero-order valence-corrected chi connectivity index (χ0v) is 18.4. The van der Waals surface area contributed by atoms with Crippen LogP contribution < -0.4 is 20.3 Å². The van der Waals surface area contributed by atoms with Crippen molar-refractivity contribution < 1.29 is 27.9 Å². The molecule has 2 saturated heterocycles. The number of urea groups is 1. The van der Waals surface area contributed by atoms with Gasteiger partial charge in [0.1, 0.15) is 5.54 Å². The van der Waals surface area contributed by atoms with Crippen LogP contribution in [0.4, 0.5) is 19.3 Å². The highest BCUT2D eigenvalue weighted by Crippen LogP contribution is 2.44. The molecule has 10 heteroatoms. The molecule has 1 aliphatic carbocycles. The van der Waals surface area contributed by atoms with Crippen molar-refractivity contribution in [3.05, 3.63) is 23.8 Å². The van der Waals surface area contributed by atoms with Crippen molar-refractivity contribution in [1.82, 2.24) is 15.5 Å². The lowest BCUT2D eigenvalue weighted by molar-refractivity contribution is -0.137. The quantitative estimate of drug-likeness (QED) is 0.648. The third kappa shape index (κ3) is 3.86. The van der Waals surface area contributed by atoms with Gasteiger partial charge in [0.15, 0.2) is 11.6 Å². The first-order valence-electron chi connectivity index (χ1n) is 10.9. The average molecular weight is 450 g/mol. The Hall–Kier alpha value is -2.91. The third-order valence-corrected chi connectivity index (χ3v) is 6.76. The van der Waals surface area contributed by atoms with Crippen molar-refractivity contribution in [2.45, 2.75) is 44.7 Å². The third-order valence-electron chi connectivity index (χ3n) is 6.76. The molecule has 1 aromatic rings. The highest BCUT2D eigenvalue weighted by molar-refractivity contribution is 6.07. The maximum atomic E-state index is 14.0. The number of imide groups is 1. The first kappa shape index (κ1) is 22.3. The van der Waals surface area contributed by atoms with E-state index in [1.54, 1.807) is 11.8 Å². The van der Waals surface area contributed by atoms with Gasteiger partial charge in [-0.05, 0) is 32.1 Å². The van der Waals surface area contributed by atoms with Gasteiger partial charge in [-0.3, -0.25) is 14.9 Å². The largest absolute Gasteiger partial charge is 0.493 e. The van der Waals surface area contributed by atoms with E-state index in [4.69, 9.17) is 4.74 Å². The summed E-state index contributed by atoms with van der Waals surface area (Å²) < 4.78 is 32.7.